The van der Waals surface area contributed by atoms with E-state index in [4.69, 9.17) is 14.2 Å². The van der Waals surface area contributed by atoms with Crippen LogP contribution in [-0.2, 0) is 10.0 Å². The van der Waals surface area contributed by atoms with Crippen molar-refractivity contribution in [1.82, 2.24) is 0 Å². The second-order valence-electron chi connectivity index (χ2n) is 5.12. The van der Waals surface area contributed by atoms with Gasteiger partial charge in [-0.3, -0.25) is 4.72 Å². The minimum Gasteiger partial charge on any atom is -0.493 e. The highest BCUT2D eigenvalue weighted by Crippen LogP contribution is 2.40. The van der Waals surface area contributed by atoms with Gasteiger partial charge in [0.2, 0.25) is 15.8 Å². The number of nitrogens with one attached hydrogen (secondary N) is 2. The molecule has 0 aliphatic rings. The van der Waals surface area contributed by atoms with E-state index < -0.39 is 10.0 Å². The fourth-order valence-electron chi connectivity index (χ4n) is 2.19. The van der Waals surface area contributed by atoms with Crippen LogP contribution in [0.25, 0.3) is 0 Å². The van der Waals surface area contributed by atoms with Gasteiger partial charge in [-0.1, -0.05) is 0 Å². The van der Waals surface area contributed by atoms with Crippen LogP contribution in [-0.4, -0.2) is 35.5 Å². The fourth-order valence-corrected chi connectivity index (χ4v) is 2.83. The number of methoxy groups -OCH3 is 3. The zero-order chi connectivity index (χ0) is 18.4. The summed E-state index contributed by atoms with van der Waals surface area (Å²) in [6.45, 7) is 1.59. The molecule has 2 rings (SSSR count). The lowest BCUT2D eigenvalue weighted by Crippen LogP contribution is -2.14. The van der Waals surface area contributed by atoms with Crippen LogP contribution in [0.2, 0.25) is 0 Å². The van der Waals surface area contributed by atoms with Gasteiger partial charge in [0.25, 0.3) is 0 Å². The molecule has 136 valence electrons. The highest BCUT2D eigenvalue weighted by atomic mass is 32.2. The first-order valence-electron chi connectivity index (χ1n) is 7.60. The van der Waals surface area contributed by atoms with Crippen LogP contribution in [0.4, 0.5) is 17.1 Å². The summed E-state index contributed by atoms with van der Waals surface area (Å²) in [5.74, 6) is 1.62. The Labute approximate surface area is 148 Å². The molecule has 0 atom stereocenters. The van der Waals surface area contributed by atoms with Crippen LogP contribution in [0, 0.1) is 0 Å². The standard InChI is InChI=1S/C17H22N2O5S/c1-5-25(20,21)19-13-8-6-12(7-9-13)18-14-10-15(22-2)17(24-4)16(11-14)23-3/h6-11,18-19H,5H2,1-4H3. The molecule has 25 heavy (non-hydrogen) atoms. The Hall–Kier alpha value is -2.61. The van der Waals surface area contributed by atoms with Crippen molar-refractivity contribution in [2.45, 2.75) is 6.92 Å². The Bertz CT molecular complexity index is 794. The van der Waals surface area contributed by atoms with Crippen LogP contribution in [0.15, 0.2) is 36.4 Å². The minimum atomic E-state index is -3.29. The summed E-state index contributed by atoms with van der Waals surface area (Å²) < 4.78 is 41.6. The van der Waals surface area contributed by atoms with Crippen molar-refractivity contribution >= 4 is 27.1 Å². The number of hydrogen-bond donors (Lipinski definition) is 2. The molecule has 0 bridgehead atoms. The molecule has 0 saturated carbocycles. The lowest BCUT2D eigenvalue weighted by atomic mass is 10.2. The number of benzene rings is 2. The van der Waals surface area contributed by atoms with Crippen LogP contribution in [0.3, 0.4) is 0 Å². The molecule has 0 heterocycles. The van der Waals surface area contributed by atoms with Gasteiger partial charge in [0.15, 0.2) is 11.5 Å². The lowest BCUT2D eigenvalue weighted by Gasteiger charge is -2.15. The molecule has 0 radical (unpaired) electrons. The third-order valence-electron chi connectivity index (χ3n) is 3.49. The molecule has 0 spiro atoms. The molecule has 0 aliphatic carbocycles. The summed E-state index contributed by atoms with van der Waals surface area (Å²) in [5.41, 5.74) is 2.04. The molecular weight excluding hydrogens is 344 g/mol. The average Bonchev–Trinajstić information content (AvgIpc) is 2.62. The average molecular weight is 366 g/mol. The van der Waals surface area contributed by atoms with Crippen molar-refractivity contribution in [3.8, 4) is 17.2 Å². The first-order chi connectivity index (χ1) is 11.9. The largest absolute Gasteiger partial charge is 0.493 e. The van der Waals surface area contributed by atoms with Gasteiger partial charge in [-0.15, -0.1) is 0 Å². The molecule has 0 aromatic heterocycles. The number of rotatable bonds is 8. The van der Waals surface area contributed by atoms with Crippen molar-refractivity contribution in [2.75, 3.05) is 37.1 Å². The number of anilines is 3. The van der Waals surface area contributed by atoms with Gasteiger partial charge in [-0.25, -0.2) is 8.42 Å². The summed E-state index contributed by atoms with van der Waals surface area (Å²) in [5, 5.41) is 3.22. The molecule has 2 N–H and O–H groups in total. The third kappa shape index (κ3) is 4.69. The zero-order valence-corrected chi connectivity index (χ0v) is 15.4. The van der Waals surface area contributed by atoms with Crippen molar-refractivity contribution in [3.63, 3.8) is 0 Å². The van der Waals surface area contributed by atoms with E-state index in [9.17, 15) is 8.42 Å². The second-order valence-corrected chi connectivity index (χ2v) is 7.13. The predicted octanol–water partition coefficient (Wildman–Crippen LogP) is 3.22. The molecule has 8 heteroatoms. The van der Waals surface area contributed by atoms with Gasteiger partial charge in [0.05, 0.1) is 27.1 Å². The minimum absolute atomic E-state index is 0.0262. The second kappa shape index (κ2) is 7.98. The van der Waals surface area contributed by atoms with E-state index >= 15 is 0 Å². The summed E-state index contributed by atoms with van der Waals surface area (Å²) in [4.78, 5) is 0. The summed E-state index contributed by atoms with van der Waals surface area (Å²) >= 11 is 0. The van der Waals surface area contributed by atoms with E-state index in [1.54, 1.807) is 64.7 Å². The monoisotopic (exact) mass is 366 g/mol. The van der Waals surface area contributed by atoms with Crippen molar-refractivity contribution in [1.29, 1.82) is 0 Å². The fraction of sp³-hybridized carbons (Fsp3) is 0.294. The van der Waals surface area contributed by atoms with E-state index in [0.29, 0.717) is 22.9 Å². The quantitative estimate of drug-likeness (QED) is 0.746. The maximum atomic E-state index is 11.6. The maximum absolute atomic E-state index is 11.6. The summed E-state index contributed by atoms with van der Waals surface area (Å²) in [6.07, 6.45) is 0. The zero-order valence-electron chi connectivity index (χ0n) is 14.6. The van der Waals surface area contributed by atoms with Gasteiger partial charge >= 0.3 is 0 Å². The van der Waals surface area contributed by atoms with Gasteiger partial charge in [0.1, 0.15) is 0 Å². The van der Waals surface area contributed by atoms with Gasteiger partial charge in [0, 0.05) is 29.2 Å². The molecular formula is C17H22N2O5S. The Kier molecular flexibility index (Phi) is 5.97. The molecule has 0 amide bonds. The predicted molar refractivity (Wildman–Crippen MR) is 98.9 cm³/mol. The van der Waals surface area contributed by atoms with Crippen molar-refractivity contribution in [3.05, 3.63) is 36.4 Å². The molecule has 7 nitrogen and oxygen atoms in total. The molecule has 0 fully saturated rings. The molecule has 0 aliphatic heterocycles. The van der Waals surface area contributed by atoms with E-state index in [2.05, 4.69) is 10.0 Å². The maximum Gasteiger partial charge on any atom is 0.232 e. The van der Waals surface area contributed by atoms with E-state index in [1.807, 2.05) is 0 Å². The Morgan fingerprint density at radius 3 is 1.80 bits per heavy atom. The Morgan fingerprint density at radius 1 is 0.840 bits per heavy atom. The van der Waals surface area contributed by atoms with E-state index in [-0.39, 0.29) is 5.75 Å². The van der Waals surface area contributed by atoms with Crippen LogP contribution < -0.4 is 24.2 Å². The topological polar surface area (TPSA) is 85.9 Å². The lowest BCUT2D eigenvalue weighted by molar-refractivity contribution is 0.324. The summed E-state index contributed by atoms with van der Waals surface area (Å²) in [7, 11) is 1.36. The van der Waals surface area contributed by atoms with Gasteiger partial charge in [-0.2, -0.15) is 0 Å². The third-order valence-corrected chi connectivity index (χ3v) is 4.80. The molecule has 0 unspecified atom stereocenters. The normalized spacial score (nSPS) is 10.9. The van der Waals surface area contributed by atoms with Crippen LogP contribution >= 0.6 is 0 Å². The van der Waals surface area contributed by atoms with Crippen molar-refractivity contribution in [2.24, 2.45) is 0 Å². The number of hydrogen-bond acceptors (Lipinski definition) is 6. The smallest absolute Gasteiger partial charge is 0.232 e. The highest BCUT2D eigenvalue weighted by molar-refractivity contribution is 7.92. The van der Waals surface area contributed by atoms with Gasteiger partial charge < -0.3 is 19.5 Å². The molecule has 0 saturated heterocycles. The first-order valence-corrected chi connectivity index (χ1v) is 9.25. The summed E-state index contributed by atoms with van der Waals surface area (Å²) in [6, 6.07) is 10.5. The van der Waals surface area contributed by atoms with E-state index in [0.717, 1.165) is 11.4 Å². The van der Waals surface area contributed by atoms with Crippen LogP contribution in [0.5, 0.6) is 17.2 Å². The molecule has 2 aromatic rings. The van der Waals surface area contributed by atoms with E-state index in [1.165, 1.54) is 0 Å². The Morgan fingerprint density at radius 2 is 1.36 bits per heavy atom. The number of sulfonamides is 1. The number of ether oxygens (including phenoxy) is 3. The van der Waals surface area contributed by atoms with Crippen LogP contribution in [0.1, 0.15) is 6.92 Å². The van der Waals surface area contributed by atoms with Gasteiger partial charge in [-0.05, 0) is 31.2 Å². The highest BCUT2D eigenvalue weighted by Gasteiger charge is 2.13. The molecule has 2 aromatic carbocycles. The first kappa shape index (κ1) is 18.7. The van der Waals surface area contributed by atoms with Crippen molar-refractivity contribution < 1.29 is 22.6 Å². The SMILES string of the molecule is CCS(=O)(=O)Nc1ccc(Nc2cc(OC)c(OC)c(OC)c2)cc1. The Balaban J connectivity index is 2.22.